The molecule has 140 valence electrons. The molecular formula is C14H13F3N4O3S2. The molecule has 3 N–H and O–H groups in total. The zero-order valence-corrected chi connectivity index (χ0v) is 14.8. The van der Waals surface area contributed by atoms with Crippen molar-refractivity contribution >= 4 is 33.4 Å². The number of benzene rings is 1. The number of primary sulfonamides is 1. The molecule has 1 amide bonds. The van der Waals surface area contributed by atoms with Crippen LogP contribution in [0.5, 0.6) is 0 Å². The Kier molecular flexibility index (Phi) is 5.88. The maximum absolute atomic E-state index is 12.6. The average molecular weight is 406 g/mol. The van der Waals surface area contributed by atoms with Gasteiger partial charge in [0.2, 0.25) is 15.9 Å². The average Bonchev–Trinajstić information content (AvgIpc) is 2.53. The summed E-state index contributed by atoms with van der Waals surface area (Å²) in [7, 11) is -3.93. The zero-order chi connectivity index (χ0) is 19.5. The van der Waals surface area contributed by atoms with Gasteiger partial charge in [0.25, 0.3) is 0 Å². The van der Waals surface area contributed by atoms with Crippen LogP contribution in [0.1, 0.15) is 12.6 Å². The SMILES string of the molecule is CC(Sc1nccc(C(F)(F)F)n1)C(=O)Nc1cccc(S(N)(=O)=O)c1. The molecule has 0 fully saturated rings. The van der Waals surface area contributed by atoms with Crippen LogP contribution < -0.4 is 10.5 Å². The Hall–Kier alpha value is -2.18. The number of aromatic nitrogens is 2. The molecule has 26 heavy (non-hydrogen) atoms. The van der Waals surface area contributed by atoms with E-state index in [0.29, 0.717) is 0 Å². The van der Waals surface area contributed by atoms with Crippen molar-refractivity contribution in [1.82, 2.24) is 9.97 Å². The van der Waals surface area contributed by atoms with E-state index in [1.54, 1.807) is 0 Å². The van der Waals surface area contributed by atoms with Gasteiger partial charge in [-0.1, -0.05) is 17.8 Å². The first-order chi connectivity index (χ1) is 12.0. The van der Waals surface area contributed by atoms with E-state index in [2.05, 4.69) is 15.3 Å². The normalized spacial score (nSPS) is 13.3. The molecule has 0 aliphatic carbocycles. The number of carbonyl (C=O) groups excluding carboxylic acids is 1. The highest BCUT2D eigenvalue weighted by atomic mass is 32.2. The van der Waals surface area contributed by atoms with Crippen molar-refractivity contribution in [3.8, 4) is 0 Å². The number of hydrogen-bond donors (Lipinski definition) is 2. The summed E-state index contributed by atoms with van der Waals surface area (Å²) < 4.78 is 60.6. The molecule has 1 atom stereocenters. The molecule has 12 heteroatoms. The van der Waals surface area contributed by atoms with Crippen LogP contribution in [0.15, 0.2) is 46.6 Å². The summed E-state index contributed by atoms with van der Waals surface area (Å²) in [5.41, 5.74) is -0.928. The second-order valence-corrected chi connectivity index (χ2v) is 7.91. The number of nitrogens with zero attached hydrogens (tertiary/aromatic N) is 2. The number of rotatable bonds is 5. The Balaban J connectivity index is 2.09. The summed E-state index contributed by atoms with van der Waals surface area (Å²) >= 11 is 0.734. The second kappa shape index (κ2) is 7.60. The van der Waals surface area contributed by atoms with Gasteiger partial charge in [-0.25, -0.2) is 23.5 Å². The van der Waals surface area contributed by atoms with Gasteiger partial charge in [-0.15, -0.1) is 0 Å². The van der Waals surface area contributed by atoms with Crippen LogP contribution in [0.3, 0.4) is 0 Å². The van der Waals surface area contributed by atoms with Gasteiger partial charge < -0.3 is 5.32 Å². The lowest BCUT2D eigenvalue weighted by Gasteiger charge is -2.12. The number of sulfonamides is 1. The van der Waals surface area contributed by atoms with E-state index in [9.17, 15) is 26.4 Å². The van der Waals surface area contributed by atoms with E-state index in [0.717, 1.165) is 24.0 Å². The van der Waals surface area contributed by atoms with Crippen LogP contribution in [0.4, 0.5) is 18.9 Å². The summed E-state index contributed by atoms with van der Waals surface area (Å²) in [4.78, 5) is 19.1. The van der Waals surface area contributed by atoms with Gasteiger partial charge in [0.05, 0.1) is 10.1 Å². The van der Waals surface area contributed by atoms with Gasteiger partial charge >= 0.3 is 6.18 Å². The third-order valence-corrected chi connectivity index (χ3v) is 4.89. The Labute approximate surface area is 151 Å². The molecule has 0 aliphatic rings. The number of nitrogens with one attached hydrogen (secondary N) is 1. The van der Waals surface area contributed by atoms with Crippen molar-refractivity contribution < 1.29 is 26.4 Å². The minimum Gasteiger partial charge on any atom is -0.325 e. The van der Waals surface area contributed by atoms with E-state index < -0.39 is 33.1 Å². The Bertz CT molecular complexity index is 920. The van der Waals surface area contributed by atoms with Gasteiger partial charge in [-0.05, 0) is 31.2 Å². The summed E-state index contributed by atoms with van der Waals surface area (Å²) in [5, 5.41) is 6.43. The van der Waals surface area contributed by atoms with Gasteiger partial charge in [0, 0.05) is 11.9 Å². The number of hydrogen-bond acceptors (Lipinski definition) is 6. The van der Waals surface area contributed by atoms with Crippen LogP contribution in [0, 0.1) is 0 Å². The number of carbonyl (C=O) groups is 1. The maximum atomic E-state index is 12.6. The number of thioether (sulfide) groups is 1. The molecule has 1 aromatic carbocycles. The molecule has 1 heterocycles. The summed E-state index contributed by atoms with van der Waals surface area (Å²) in [5.74, 6) is -0.567. The molecule has 7 nitrogen and oxygen atoms in total. The van der Waals surface area contributed by atoms with Gasteiger partial charge in [0.15, 0.2) is 5.16 Å². The van der Waals surface area contributed by atoms with E-state index in [-0.39, 0.29) is 15.7 Å². The third kappa shape index (κ3) is 5.41. The minimum atomic E-state index is -4.61. The molecule has 0 saturated carbocycles. The molecule has 2 rings (SSSR count). The lowest BCUT2D eigenvalue weighted by atomic mass is 10.3. The highest BCUT2D eigenvalue weighted by molar-refractivity contribution is 8.00. The van der Waals surface area contributed by atoms with E-state index >= 15 is 0 Å². The third-order valence-electron chi connectivity index (χ3n) is 3.01. The Morgan fingerprint density at radius 3 is 2.62 bits per heavy atom. The zero-order valence-electron chi connectivity index (χ0n) is 13.2. The summed E-state index contributed by atoms with van der Waals surface area (Å²) in [6, 6.07) is 6.01. The van der Waals surface area contributed by atoms with Crippen LogP contribution >= 0.6 is 11.8 Å². The number of nitrogens with two attached hydrogens (primary N) is 1. The molecule has 0 bridgehead atoms. The standard InChI is InChI=1S/C14H13F3N4O3S2/c1-8(25-13-19-6-5-11(21-13)14(15,16)17)12(22)20-9-3-2-4-10(7-9)26(18,23)24/h2-8H,1H3,(H,20,22)(H2,18,23,24). The van der Waals surface area contributed by atoms with Crippen LogP contribution in [-0.2, 0) is 21.0 Å². The fraction of sp³-hybridized carbons (Fsp3) is 0.214. The molecule has 1 aromatic heterocycles. The first kappa shape index (κ1) is 20.1. The maximum Gasteiger partial charge on any atom is 0.433 e. The van der Waals surface area contributed by atoms with Crippen molar-refractivity contribution in [2.45, 2.75) is 28.4 Å². The highest BCUT2D eigenvalue weighted by Crippen LogP contribution is 2.29. The summed E-state index contributed by atoms with van der Waals surface area (Å²) in [6.45, 7) is 1.45. The fourth-order valence-corrected chi connectivity index (χ4v) is 3.08. The smallest absolute Gasteiger partial charge is 0.325 e. The largest absolute Gasteiger partial charge is 0.433 e. The summed E-state index contributed by atoms with van der Waals surface area (Å²) in [6.07, 6.45) is -3.66. The molecule has 0 saturated heterocycles. The first-order valence-corrected chi connectivity index (χ1v) is 9.40. The molecular weight excluding hydrogens is 393 g/mol. The predicted molar refractivity (Wildman–Crippen MR) is 88.8 cm³/mol. The number of anilines is 1. The molecule has 0 aliphatic heterocycles. The van der Waals surface area contributed by atoms with Crippen molar-refractivity contribution in [3.63, 3.8) is 0 Å². The quantitative estimate of drug-likeness (QED) is 0.581. The van der Waals surface area contributed by atoms with Crippen LogP contribution in [-0.4, -0.2) is 29.5 Å². The van der Waals surface area contributed by atoms with Crippen molar-refractivity contribution in [2.75, 3.05) is 5.32 Å². The van der Waals surface area contributed by atoms with Crippen molar-refractivity contribution in [2.24, 2.45) is 5.14 Å². The topological polar surface area (TPSA) is 115 Å². The predicted octanol–water partition coefficient (Wildman–Crippen LogP) is 2.26. The van der Waals surface area contributed by atoms with E-state index in [1.165, 1.54) is 31.2 Å². The van der Waals surface area contributed by atoms with Crippen LogP contribution in [0.25, 0.3) is 0 Å². The number of alkyl halides is 3. The van der Waals surface area contributed by atoms with Gasteiger partial charge in [0.1, 0.15) is 5.69 Å². The van der Waals surface area contributed by atoms with Gasteiger partial charge in [-0.2, -0.15) is 13.2 Å². The van der Waals surface area contributed by atoms with Crippen molar-refractivity contribution in [1.29, 1.82) is 0 Å². The fourth-order valence-electron chi connectivity index (χ4n) is 1.76. The minimum absolute atomic E-state index is 0.180. The van der Waals surface area contributed by atoms with Crippen molar-refractivity contribution in [3.05, 3.63) is 42.2 Å². The molecule has 1 unspecified atom stereocenters. The molecule has 0 spiro atoms. The van der Waals surface area contributed by atoms with Gasteiger partial charge in [-0.3, -0.25) is 4.79 Å². The number of amides is 1. The second-order valence-electron chi connectivity index (χ2n) is 5.04. The molecule has 0 radical (unpaired) electrons. The highest BCUT2D eigenvalue weighted by Gasteiger charge is 2.33. The Morgan fingerprint density at radius 2 is 2.00 bits per heavy atom. The number of halogens is 3. The molecule has 2 aromatic rings. The Morgan fingerprint density at radius 1 is 1.31 bits per heavy atom. The van der Waals surface area contributed by atoms with E-state index in [4.69, 9.17) is 5.14 Å². The lowest BCUT2D eigenvalue weighted by molar-refractivity contribution is -0.141. The van der Waals surface area contributed by atoms with Crippen LogP contribution in [0.2, 0.25) is 0 Å². The monoisotopic (exact) mass is 406 g/mol. The lowest BCUT2D eigenvalue weighted by Crippen LogP contribution is -2.23. The van der Waals surface area contributed by atoms with E-state index in [1.807, 2.05) is 0 Å². The first-order valence-electron chi connectivity index (χ1n) is 6.97.